The minimum absolute atomic E-state index is 0.0846. The Bertz CT molecular complexity index is 959. The third-order valence-electron chi connectivity index (χ3n) is 5.10. The van der Waals surface area contributed by atoms with E-state index in [0.717, 1.165) is 10.5 Å². The van der Waals surface area contributed by atoms with E-state index in [9.17, 15) is 23.6 Å². The Kier molecular flexibility index (Phi) is 5.59. The second-order valence-corrected chi connectivity index (χ2v) is 6.98. The molecule has 1 aromatic heterocycles. The summed E-state index contributed by atoms with van der Waals surface area (Å²) in [6.45, 7) is 0.287. The number of rotatable bonds is 5. The number of carbonyl (C=O) groups is 2. The van der Waals surface area contributed by atoms with Crippen molar-refractivity contribution in [2.45, 2.75) is 31.2 Å². The Morgan fingerprint density at radius 1 is 1.28 bits per heavy atom. The van der Waals surface area contributed by atoms with Crippen LogP contribution in [0.2, 0.25) is 0 Å². The number of nitriles is 1. The molecule has 0 unspecified atom stereocenters. The van der Waals surface area contributed by atoms with E-state index < -0.39 is 42.8 Å². The van der Waals surface area contributed by atoms with Gasteiger partial charge in [-0.05, 0) is 18.1 Å². The van der Waals surface area contributed by atoms with E-state index in [2.05, 4.69) is 10.3 Å². The third kappa shape index (κ3) is 4.09. The van der Waals surface area contributed by atoms with Gasteiger partial charge in [0, 0.05) is 24.4 Å². The fourth-order valence-electron chi connectivity index (χ4n) is 3.57. The molecule has 2 amide bonds. The van der Waals surface area contributed by atoms with E-state index in [0.29, 0.717) is 11.1 Å². The summed E-state index contributed by atoms with van der Waals surface area (Å²) in [5.74, 6) is -4.37. The predicted octanol–water partition coefficient (Wildman–Crippen LogP) is 3.02. The van der Waals surface area contributed by atoms with Crippen molar-refractivity contribution in [3.05, 3.63) is 54.4 Å². The summed E-state index contributed by atoms with van der Waals surface area (Å²) in [5.41, 5.74) is 0.126. The molecule has 1 saturated heterocycles. The maximum atomic E-state index is 13.9. The first-order valence-corrected chi connectivity index (χ1v) is 9.19. The molecule has 1 N–H and O–H groups in total. The normalized spacial score (nSPS) is 20.1. The highest BCUT2D eigenvalue weighted by molar-refractivity contribution is 6.02. The lowest BCUT2D eigenvalue weighted by Gasteiger charge is -2.30. The average Bonchev–Trinajstić information content (AvgIpc) is 3.03. The van der Waals surface area contributed by atoms with Gasteiger partial charge < -0.3 is 10.2 Å². The van der Waals surface area contributed by atoms with E-state index in [1.54, 1.807) is 13.1 Å². The molecular formula is C21H20F2N4O2. The number of nitrogens with zero attached hydrogens (tertiary/aromatic N) is 3. The van der Waals surface area contributed by atoms with Crippen molar-refractivity contribution in [1.29, 1.82) is 5.26 Å². The van der Waals surface area contributed by atoms with Crippen LogP contribution in [0.15, 0.2) is 48.8 Å². The molecule has 0 radical (unpaired) electrons. The highest BCUT2D eigenvalue weighted by atomic mass is 19.3. The van der Waals surface area contributed by atoms with Crippen LogP contribution < -0.4 is 5.32 Å². The maximum absolute atomic E-state index is 13.9. The zero-order valence-electron chi connectivity index (χ0n) is 15.9. The zero-order valence-corrected chi connectivity index (χ0v) is 15.9. The first-order valence-electron chi connectivity index (χ1n) is 9.19. The van der Waals surface area contributed by atoms with Gasteiger partial charge in [0.15, 0.2) is 0 Å². The second-order valence-electron chi connectivity index (χ2n) is 6.98. The number of benzene rings is 1. The van der Waals surface area contributed by atoms with Crippen LogP contribution in [0.25, 0.3) is 11.1 Å². The topological polar surface area (TPSA) is 86.1 Å². The van der Waals surface area contributed by atoms with Crippen LogP contribution in [0.4, 0.5) is 8.78 Å². The van der Waals surface area contributed by atoms with Crippen molar-refractivity contribution in [1.82, 2.24) is 15.2 Å². The molecule has 29 heavy (non-hydrogen) atoms. The highest BCUT2D eigenvalue weighted by Gasteiger charge is 2.56. The molecule has 1 aromatic carbocycles. The Morgan fingerprint density at radius 2 is 2.00 bits per heavy atom. The molecule has 0 aliphatic carbocycles. The van der Waals surface area contributed by atoms with Crippen molar-refractivity contribution in [2.24, 2.45) is 0 Å². The number of likely N-dealkylation sites (tertiary alicyclic amines) is 1. The molecule has 3 rings (SSSR count). The first-order chi connectivity index (χ1) is 13.8. The van der Waals surface area contributed by atoms with Crippen molar-refractivity contribution < 1.29 is 18.4 Å². The van der Waals surface area contributed by atoms with Crippen LogP contribution in [0.1, 0.15) is 30.1 Å². The summed E-state index contributed by atoms with van der Waals surface area (Å²) >= 11 is 0. The molecule has 1 aliphatic heterocycles. The van der Waals surface area contributed by atoms with Crippen LogP contribution in [0.5, 0.6) is 0 Å². The van der Waals surface area contributed by atoms with Crippen molar-refractivity contribution in [3.63, 3.8) is 0 Å². The Labute approximate surface area is 167 Å². The van der Waals surface area contributed by atoms with Crippen molar-refractivity contribution >= 4 is 11.8 Å². The molecule has 1 aliphatic rings. The van der Waals surface area contributed by atoms with Gasteiger partial charge in [0.1, 0.15) is 5.54 Å². The zero-order chi connectivity index (χ0) is 21.1. The lowest BCUT2D eigenvalue weighted by Crippen LogP contribution is -2.49. The number of carbonyl (C=O) groups excluding carboxylic acids is 2. The standard InChI is InChI=1S/C21H20F2N4O2/c1-2-20(13-24)12-21(22,23)14-27(20)18(28)11-26-19(29)16-8-9-25-10-17(16)15-6-4-3-5-7-15/h3-10H,2,11-12,14H2,1H3,(H,26,29)/t20-/m0/s1. The van der Waals surface area contributed by atoms with Gasteiger partial charge in [-0.15, -0.1) is 0 Å². The lowest BCUT2D eigenvalue weighted by molar-refractivity contribution is -0.133. The van der Waals surface area contributed by atoms with Gasteiger partial charge in [0.25, 0.3) is 11.8 Å². The molecule has 0 bridgehead atoms. The van der Waals surface area contributed by atoms with Crippen LogP contribution >= 0.6 is 0 Å². The summed E-state index contributed by atoms with van der Waals surface area (Å²) in [7, 11) is 0. The van der Waals surface area contributed by atoms with Gasteiger partial charge in [-0.25, -0.2) is 8.78 Å². The lowest BCUT2D eigenvalue weighted by atomic mass is 9.94. The number of aromatic nitrogens is 1. The highest BCUT2D eigenvalue weighted by Crippen LogP contribution is 2.41. The Morgan fingerprint density at radius 3 is 2.66 bits per heavy atom. The summed E-state index contributed by atoms with van der Waals surface area (Å²) < 4.78 is 27.8. The average molecular weight is 398 g/mol. The SMILES string of the molecule is CC[C@@]1(C#N)CC(F)(F)CN1C(=O)CNC(=O)c1ccncc1-c1ccccc1. The van der Waals surface area contributed by atoms with Crippen molar-refractivity contribution in [3.8, 4) is 17.2 Å². The summed E-state index contributed by atoms with van der Waals surface area (Å²) in [5, 5.41) is 11.9. The number of hydrogen-bond acceptors (Lipinski definition) is 4. The fourth-order valence-corrected chi connectivity index (χ4v) is 3.57. The smallest absolute Gasteiger partial charge is 0.268 e. The van der Waals surface area contributed by atoms with E-state index in [4.69, 9.17) is 0 Å². The Balaban J connectivity index is 1.75. The molecule has 150 valence electrons. The van der Waals surface area contributed by atoms with Crippen LogP contribution in [0, 0.1) is 11.3 Å². The molecule has 2 aromatic rings. The van der Waals surface area contributed by atoms with Gasteiger partial charge in [-0.2, -0.15) is 5.26 Å². The quantitative estimate of drug-likeness (QED) is 0.839. The van der Waals surface area contributed by atoms with Crippen LogP contribution in [-0.4, -0.2) is 46.2 Å². The van der Waals surface area contributed by atoms with Gasteiger partial charge in [-0.3, -0.25) is 14.6 Å². The number of amides is 2. The summed E-state index contributed by atoms with van der Waals surface area (Å²) in [4.78, 5) is 30.2. The largest absolute Gasteiger partial charge is 0.343 e. The van der Waals surface area contributed by atoms with E-state index in [1.165, 1.54) is 12.3 Å². The molecule has 6 nitrogen and oxygen atoms in total. The molecule has 0 spiro atoms. The fraction of sp³-hybridized carbons (Fsp3) is 0.333. The first kappa shape index (κ1) is 20.4. The monoisotopic (exact) mass is 398 g/mol. The Hall–Kier alpha value is -3.34. The molecule has 1 atom stereocenters. The van der Waals surface area contributed by atoms with Gasteiger partial charge >= 0.3 is 0 Å². The summed E-state index contributed by atoms with van der Waals surface area (Å²) in [6, 6.07) is 12.5. The van der Waals surface area contributed by atoms with Crippen LogP contribution in [0.3, 0.4) is 0 Å². The van der Waals surface area contributed by atoms with Gasteiger partial charge in [0.2, 0.25) is 5.91 Å². The van der Waals surface area contributed by atoms with Gasteiger partial charge in [-0.1, -0.05) is 37.3 Å². The number of hydrogen-bond donors (Lipinski definition) is 1. The molecular weight excluding hydrogens is 378 g/mol. The minimum atomic E-state index is -3.13. The van der Waals surface area contributed by atoms with Crippen molar-refractivity contribution in [2.75, 3.05) is 13.1 Å². The minimum Gasteiger partial charge on any atom is -0.343 e. The molecule has 1 fully saturated rings. The maximum Gasteiger partial charge on any atom is 0.268 e. The number of pyridine rings is 1. The molecule has 8 heteroatoms. The predicted molar refractivity (Wildman–Crippen MR) is 102 cm³/mol. The van der Waals surface area contributed by atoms with E-state index in [-0.39, 0.29) is 6.42 Å². The second kappa shape index (κ2) is 7.95. The van der Waals surface area contributed by atoms with Gasteiger partial charge in [0.05, 0.1) is 24.7 Å². The van der Waals surface area contributed by atoms with E-state index >= 15 is 0 Å². The third-order valence-corrected chi connectivity index (χ3v) is 5.10. The van der Waals surface area contributed by atoms with E-state index in [1.807, 2.05) is 36.4 Å². The number of nitrogens with one attached hydrogen (secondary N) is 1. The summed E-state index contributed by atoms with van der Waals surface area (Å²) in [6.07, 6.45) is 2.39. The molecule has 2 heterocycles. The van der Waals surface area contributed by atoms with Crippen LogP contribution in [-0.2, 0) is 4.79 Å². The number of halogens is 2. The number of alkyl halides is 2. The molecule has 0 saturated carbocycles.